The van der Waals surface area contributed by atoms with E-state index in [-0.39, 0.29) is 11.7 Å². The van der Waals surface area contributed by atoms with Crippen molar-refractivity contribution in [2.45, 2.75) is 19.9 Å². The van der Waals surface area contributed by atoms with Crippen molar-refractivity contribution in [1.29, 1.82) is 0 Å². The molecule has 0 radical (unpaired) electrons. The molecule has 0 aliphatic heterocycles. The van der Waals surface area contributed by atoms with Gasteiger partial charge in [-0.25, -0.2) is 10.2 Å². The van der Waals surface area contributed by atoms with Crippen molar-refractivity contribution in [2.24, 2.45) is 5.84 Å². The second-order valence-electron chi connectivity index (χ2n) is 3.45. The minimum Gasteiger partial charge on any atom is -0.360 e. The van der Waals surface area contributed by atoms with Gasteiger partial charge in [0, 0.05) is 12.2 Å². The largest absolute Gasteiger partial charge is 0.360 e. The minimum atomic E-state index is -0.434. The molecule has 3 N–H and O–H groups in total. The summed E-state index contributed by atoms with van der Waals surface area (Å²) in [4.78, 5) is 13.2. The number of halogens is 1. The third-order valence-electron chi connectivity index (χ3n) is 2.47. The van der Waals surface area contributed by atoms with Gasteiger partial charge in [0.25, 0.3) is 5.91 Å². The molecular weight excluding hydrogens is 209 g/mol. The molecule has 0 aliphatic carbocycles. The average Bonchev–Trinajstić information content (AvgIpc) is 2.29. The second kappa shape index (κ2) is 5.46. The first-order valence-electron chi connectivity index (χ1n) is 5.12. The Labute approximate surface area is 94.2 Å². The minimum absolute atomic E-state index is 0.300. The van der Waals surface area contributed by atoms with Gasteiger partial charge in [0.05, 0.1) is 0 Å². The van der Waals surface area contributed by atoms with E-state index in [1.54, 1.807) is 24.0 Å². The molecule has 0 heterocycles. The SMILES string of the molecule is CCN(c1cccc(F)c1)C(C)C(=O)NN. The summed E-state index contributed by atoms with van der Waals surface area (Å²) in [5.41, 5.74) is 2.75. The van der Waals surface area contributed by atoms with Crippen molar-refractivity contribution in [3.8, 4) is 0 Å². The number of rotatable bonds is 4. The molecule has 5 heteroatoms. The highest BCUT2D eigenvalue weighted by Crippen LogP contribution is 2.17. The van der Waals surface area contributed by atoms with Crippen molar-refractivity contribution in [1.82, 2.24) is 5.43 Å². The third kappa shape index (κ3) is 2.70. The lowest BCUT2D eigenvalue weighted by Gasteiger charge is -2.28. The summed E-state index contributed by atoms with van der Waals surface area (Å²) in [7, 11) is 0. The Balaban J connectivity index is 2.94. The van der Waals surface area contributed by atoms with Crippen LogP contribution in [0.4, 0.5) is 10.1 Å². The van der Waals surface area contributed by atoms with E-state index in [0.717, 1.165) is 0 Å². The summed E-state index contributed by atoms with van der Waals surface area (Å²) in [6, 6.07) is 5.69. The highest BCUT2D eigenvalue weighted by molar-refractivity contribution is 5.84. The lowest BCUT2D eigenvalue weighted by atomic mass is 10.2. The number of benzene rings is 1. The molecule has 0 aromatic heterocycles. The Bertz CT molecular complexity index is 370. The van der Waals surface area contributed by atoms with Gasteiger partial charge in [-0.1, -0.05) is 6.07 Å². The first-order valence-corrected chi connectivity index (χ1v) is 5.12. The van der Waals surface area contributed by atoms with E-state index < -0.39 is 6.04 Å². The molecule has 0 saturated carbocycles. The van der Waals surface area contributed by atoms with Crippen LogP contribution >= 0.6 is 0 Å². The predicted molar refractivity (Wildman–Crippen MR) is 61.2 cm³/mol. The fourth-order valence-electron chi connectivity index (χ4n) is 1.60. The van der Waals surface area contributed by atoms with Gasteiger partial charge < -0.3 is 4.90 Å². The number of likely N-dealkylation sites (N-methyl/N-ethyl adjacent to an activating group) is 1. The number of nitrogens with zero attached hydrogens (tertiary/aromatic N) is 1. The smallest absolute Gasteiger partial charge is 0.256 e. The van der Waals surface area contributed by atoms with Gasteiger partial charge >= 0.3 is 0 Å². The molecule has 0 saturated heterocycles. The zero-order chi connectivity index (χ0) is 12.1. The van der Waals surface area contributed by atoms with Gasteiger partial charge in [-0.3, -0.25) is 10.2 Å². The lowest BCUT2D eigenvalue weighted by molar-refractivity contribution is -0.122. The highest BCUT2D eigenvalue weighted by atomic mass is 19.1. The summed E-state index contributed by atoms with van der Waals surface area (Å²) < 4.78 is 13.1. The number of carbonyl (C=O) groups is 1. The number of carbonyl (C=O) groups excluding carboxylic acids is 1. The highest BCUT2D eigenvalue weighted by Gasteiger charge is 2.19. The molecular formula is C11H16FN3O. The topological polar surface area (TPSA) is 58.4 Å². The van der Waals surface area contributed by atoms with Crippen molar-refractivity contribution in [2.75, 3.05) is 11.4 Å². The number of hydrazine groups is 1. The Morgan fingerprint density at radius 2 is 2.31 bits per heavy atom. The number of amides is 1. The zero-order valence-electron chi connectivity index (χ0n) is 9.40. The van der Waals surface area contributed by atoms with E-state index >= 15 is 0 Å². The molecule has 1 aromatic rings. The van der Waals surface area contributed by atoms with Gasteiger partial charge in [-0.15, -0.1) is 0 Å². The van der Waals surface area contributed by atoms with E-state index in [1.807, 2.05) is 6.92 Å². The summed E-state index contributed by atoms with van der Waals surface area (Å²) in [6.07, 6.45) is 0. The van der Waals surface area contributed by atoms with Crippen LogP contribution in [-0.2, 0) is 4.79 Å². The number of hydrogen-bond acceptors (Lipinski definition) is 3. The molecule has 1 rings (SSSR count). The van der Waals surface area contributed by atoms with Crippen LogP contribution in [0.3, 0.4) is 0 Å². The summed E-state index contributed by atoms with van der Waals surface area (Å²) >= 11 is 0. The molecule has 88 valence electrons. The molecule has 0 aliphatic rings. The lowest BCUT2D eigenvalue weighted by Crippen LogP contribution is -2.47. The summed E-state index contributed by atoms with van der Waals surface area (Å²) in [5.74, 6) is 4.45. The van der Waals surface area contributed by atoms with E-state index in [4.69, 9.17) is 5.84 Å². The maximum Gasteiger partial charge on any atom is 0.256 e. The first kappa shape index (κ1) is 12.4. The maximum atomic E-state index is 13.1. The van der Waals surface area contributed by atoms with Crippen LogP contribution < -0.4 is 16.2 Å². The van der Waals surface area contributed by atoms with Gasteiger partial charge in [0.2, 0.25) is 0 Å². The van der Waals surface area contributed by atoms with Crippen LogP contribution in [0.15, 0.2) is 24.3 Å². The Morgan fingerprint density at radius 1 is 1.62 bits per heavy atom. The molecule has 1 atom stereocenters. The van der Waals surface area contributed by atoms with Crippen molar-refractivity contribution < 1.29 is 9.18 Å². The zero-order valence-corrected chi connectivity index (χ0v) is 9.40. The predicted octanol–water partition coefficient (Wildman–Crippen LogP) is 1.03. The van der Waals surface area contributed by atoms with E-state index in [2.05, 4.69) is 5.43 Å². The first-order chi connectivity index (χ1) is 7.60. The monoisotopic (exact) mass is 225 g/mol. The van der Waals surface area contributed by atoms with E-state index in [1.165, 1.54) is 12.1 Å². The molecule has 1 amide bonds. The number of nitrogens with two attached hydrogens (primary N) is 1. The fourth-order valence-corrected chi connectivity index (χ4v) is 1.60. The fraction of sp³-hybridized carbons (Fsp3) is 0.364. The molecule has 16 heavy (non-hydrogen) atoms. The number of nitrogens with one attached hydrogen (secondary N) is 1. The van der Waals surface area contributed by atoms with Crippen LogP contribution in [0.5, 0.6) is 0 Å². The molecule has 4 nitrogen and oxygen atoms in total. The van der Waals surface area contributed by atoms with Gasteiger partial charge in [0.15, 0.2) is 0 Å². The number of anilines is 1. The Kier molecular flexibility index (Phi) is 4.25. The van der Waals surface area contributed by atoms with E-state index in [9.17, 15) is 9.18 Å². The standard InChI is InChI=1S/C11H16FN3O/c1-3-15(8(2)11(16)14-13)10-6-4-5-9(12)7-10/h4-8H,3,13H2,1-2H3,(H,14,16). The molecule has 1 aromatic carbocycles. The van der Waals surface area contributed by atoms with Gasteiger partial charge in [-0.2, -0.15) is 0 Å². The summed E-state index contributed by atoms with van der Waals surface area (Å²) in [5, 5.41) is 0. The molecule has 0 bridgehead atoms. The molecule has 0 spiro atoms. The van der Waals surface area contributed by atoms with Gasteiger partial charge in [0.1, 0.15) is 11.9 Å². The van der Waals surface area contributed by atoms with Crippen LogP contribution in [0.25, 0.3) is 0 Å². The van der Waals surface area contributed by atoms with Crippen LogP contribution in [-0.4, -0.2) is 18.5 Å². The maximum absolute atomic E-state index is 13.1. The molecule has 1 unspecified atom stereocenters. The average molecular weight is 225 g/mol. The van der Waals surface area contributed by atoms with E-state index in [0.29, 0.717) is 12.2 Å². The van der Waals surface area contributed by atoms with Crippen molar-refractivity contribution in [3.05, 3.63) is 30.1 Å². The Hall–Kier alpha value is -1.62. The van der Waals surface area contributed by atoms with Crippen molar-refractivity contribution >= 4 is 11.6 Å². The third-order valence-corrected chi connectivity index (χ3v) is 2.47. The summed E-state index contributed by atoms with van der Waals surface area (Å²) in [6.45, 7) is 4.21. The van der Waals surface area contributed by atoms with Crippen molar-refractivity contribution in [3.63, 3.8) is 0 Å². The second-order valence-corrected chi connectivity index (χ2v) is 3.45. The van der Waals surface area contributed by atoms with Crippen LogP contribution in [0.1, 0.15) is 13.8 Å². The molecule has 0 fully saturated rings. The quantitative estimate of drug-likeness (QED) is 0.457. The Morgan fingerprint density at radius 3 is 2.81 bits per heavy atom. The normalized spacial score (nSPS) is 12.0. The van der Waals surface area contributed by atoms with Crippen LogP contribution in [0.2, 0.25) is 0 Å². The van der Waals surface area contributed by atoms with Crippen LogP contribution in [0, 0.1) is 5.82 Å². The van der Waals surface area contributed by atoms with Gasteiger partial charge in [-0.05, 0) is 32.0 Å². The number of hydrogen-bond donors (Lipinski definition) is 2.